The van der Waals surface area contributed by atoms with Crippen molar-refractivity contribution in [2.45, 2.75) is 4.90 Å². The van der Waals surface area contributed by atoms with Crippen LogP contribution in [0.25, 0.3) is 0 Å². The summed E-state index contributed by atoms with van der Waals surface area (Å²) in [4.78, 5) is -0.102. The highest BCUT2D eigenvalue weighted by atomic mass is 35.5. The van der Waals surface area contributed by atoms with Crippen LogP contribution < -0.4 is 9.46 Å². The fraction of sp³-hybridized carbons (Fsp3) is 0.0714. The molecule has 0 saturated heterocycles. The minimum Gasteiger partial charge on any atom is -0.495 e. The van der Waals surface area contributed by atoms with Gasteiger partial charge in [0.05, 0.1) is 18.4 Å². The standard InChI is InChI=1S/C14H11ClN2O3S/c1-20-13-7-6-11(15)8-12(13)17-21(18,19)14-5-3-2-4-10(14)9-16/h2-8,17H,1H3. The van der Waals surface area contributed by atoms with Crippen LogP contribution in [0, 0.1) is 11.3 Å². The van der Waals surface area contributed by atoms with E-state index >= 15 is 0 Å². The molecule has 0 saturated carbocycles. The second-order valence-electron chi connectivity index (χ2n) is 4.06. The molecule has 0 aliphatic heterocycles. The predicted molar refractivity (Wildman–Crippen MR) is 80.0 cm³/mol. The van der Waals surface area contributed by atoms with E-state index in [0.717, 1.165) is 0 Å². The van der Waals surface area contributed by atoms with E-state index < -0.39 is 10.0 Å². The van der Waals surface area contributed by atoms with Gasteiger partial charge in [-0.05, 0) is 30.3 Å². The van der Waals surface area contributed by atoms with Crippen molar-refractivity contribution in [1.29, 1.82) is 5.26 Å². The van der Waals surface area contributed by atoms with E-state index in [9.17, 15) is 8.42 Å². The number of halogens is 1. The normalized spacial score (nSPS) is 10.7. The zero-order valence-corrected chi connectivity index (χ0v) is 12.6. The molecule has 0 fully saturated rings. The molecule has 21 heavy (non-hydrogen) atoms. The van der Waals surface area contributed by atoms with E-state index in [4.69, 9.17) is 21.6 Å². The van der Waals surface area contributed by atoms with E-state index in [2.05, 4.69) is 4.72 Å². The van der Waals surface area contributed by atoms with Crippen LogP contribution in [-0.4, -0.2) is 15.5 Å². The molecule has 0 aromatic heterocycles. The molecule has 0 aliphatic rings. The zero-order chi connectivity index (χ0) is 15.5. The number of nitrogens with zero attached hydrogens (tertiary/aromatic N) is 1. The Morgan fingerprint density at radius 3 is 2.62 bits per heavy atom. The number of benzene rings is 2. The number of ether oxygens (including phenoxy) is 1. The topological polar surface area (TPSA) is 79.2 Å². The van der Waals surface area contributed by atoms with Crippen LogP contribution in [0.4, 0.5) is 5.69 Å². The Bertz CT molecular complexity index is 813. The number of hydrogen-bond acceptors (Lipinski definition) is 4. The summed E-state index contributed by atoms with van der Waals surface area (Å²) in [6, 6.07) is 12.4. The number of anilines is 1. The van der Waals surface area contributed by atoms with Crippen LogP contribution >= 0.6 is 11.6 Å². The highest BCUT2D eigenvalue weighted by Gasteiger charge is 2.20. The molecule has 0 unspecified atom stereocenters. The summed E-state index contributed by atoms with van der Waals surface area (Å²) in [5.41, 5.74) is 0.267. The molecule has 0 aliphatic carbocycles. The Hall–Kier alpha value is -2.23. The van der Waals surface area contributed by atoms with Gasteiger partial charge in [-0.2, -0.15) is 5.26 Å². The zero-order valence-electron chi connectivity index (χ0n) is 11.0. The molecule has 0 bridgehead atoms. The molecule has 0 radical (unpaired) electrons. The molecule has 0 heterocycles. The van der Waals surface area contributed by atoms with Gasteiger partial charge < -0.3 is 4.74 Å². The quantitative estimate of drug-likeness (QED) is 0.938. The monoisotopic (exact) mass is 322 g/mol. The molecule has 5 nitrogen and oxygen atoms in total. The van der Waals surface area contributed by atoms with Crippen molar-refractivity contribution in [2.75, 3.05) is 11.8 Å². The van der Waals surface area contributed by atoms with Crippen molar-refractivity contribution in [3.8, 4) is 11.8 Å². The Morgan fingerprint density at radius 2 is 1.95 bits per heavy atom. The number of methoxy groups -OCH3 is 1. The molecule has 7 heteroatoms. The van der Waals surface area contributed by atoms with Gasteiger partial charge in [-0.15, -0.1) is 0 Å². The van der Waals surface area contributed by atoms with E-state index in [1.54, 1.807) is 24.3 Å². The van der Waals surface area contributed by atoms with Gasteiger partial charge in [-0.1, -0.05) is 23.7 Å². The van der Waals surface area contributed by atoms with E-state index in [1.807, 2.05) is 6.07 Å². The van der Waals surface area contributed by atoms with Gasteiger partial charge in [0.15, 0.2) is 0 Å². The SMILES string of the molecule is COc1ccc(Cl)cc1NS(=O)(=O)c1ccccc1C#N. The summed E-state index contributed by atoms with van der Waals surface area (Å²) >= 11 is 5.86. The van der Waals surface area contributed by atoms with Crippen LogP contribution in [0.5, 0.6) is 5.75 Å². The third-order valence-electron chi connectivity index (χ3n) is 2.70. The lowest BCUT2D eigenvalue weighted by molar-refractivity contribution is 0.417. The molecule has 0 atom stereocenters. The average Bonchev–Trinajstić information content (AvgIpc) is 2.47. The maximum absolute atomic E-state index is 12.4. The van der Waals surface area contributed by atoms with E-state index in [0.29, 0.717) is 10.8 Å². The largest absolute Gasteiger partial charge is 0.495 e. The van der Waals surface area contributed by atoms with Crippen LogP contribution in [0.2, 0.25) is 5.02 Å². The van der Waals surface area contributed by atoms with Crippen LogP contribution in [0.3, 0.4) is 0 Å². The van der Waals surface area contributed by atoms with Crippen LogP contribution in [0.1, 0.15) is 5.56 Å². The molecular weight excluding hydrogens is 312 g/mol. The smallest absolute Gasteiger partial charge is 0.263 e. The summed E-state index contributed by atoms with van der Waals surface area (Å²) < 4.78 is 32.3. The Morgan fingerprint density at radius 1 is 1.24 bits per heavy atom. The van der Waals surface area contributed by atoms with Crippen molar-refractivity contribution < 1.29 is 13.2 Å². The number of hydrogen-bond donors (Lipinski definition) is 1. The molecule has 108 valence electrons. The lowest BCUT2D eigenvalue weighted by Gasteiger charge is -2.12. The minimum absolute atomic E-state index is 0.0611. The van der Waals surface area contributed by atoms with Crippen molar-refractivity contribution in [2.24, 2.45) is 0 Å². The highest BCUT2D eigenvalue weighted by Crippen LogP contribution is 2.30. The van der Waals surface area contributed by atoms with Crippen molar-refractivity contribution in [3.05, 3.63) is 53.1 Å². The first-order chi connectivity index (χ1) is 9.97. The fourth-order valence-corrected chi connectivity index (χ4v) is 3.15. The second kappa shape index (κ2) is 6.04. The Kier molecular flexibility index (Phi) is 4.36. The Balaban J connectivity index is 2.48. The average molecular weight is 323 g/mol. The van der Waals surface area contributed by atoms with Gasteiger partial charge in [-0.3, -0.25) is 4.72 Å². The van der Waals surface area contributed by atoms with E-state index in [-0.39, 0.29) is 16.1 Å². The van der Waals surface area contributed by atoms with Crippen molar-refractivity contribution >= 4 is 27.3 Å². The molecule has 2 aromatic rings. The van der Waals surface area contributed by atoms with Gasteiger partial charge in [0.25, 0.3) is 10.0 Å². The summed E-state index contributed by atoms with van der Waals surface area (Å²) in [5.74, 6) is 0.331. The maximum atomic E-state index is 12.4. The number of sulfonamides is 1. The molecule has 2 rings (SSSR count). The van der Waals surface area contributed by atoms with Gasteiger partial charge in [0.1, 0.15) is 16.7 Å². The van der Waals surface area contributed by atoms with Crippen LogP contribution in [0.15, 0.2) is 47.4 Å². The minimum atomic E-state index is -3.92. The molecule has 0 spiro atoms. The number of nitrogens with one attached hydrogen (secondary N) is 1. The summed E-state index contributed by atoms with van der Waals surface area (Å²) in [6.45, 7) is 0. The molecule has 1 N–H and O–H groups in total. The fourth-order valence-electron chi connectivity index (χ4n) is 1.75. The maximum Gasteiger partial charge on any atom is 0.263 e. The Labute approximate surface area is 127 Å². The van der Waals surface area contributed by atoms with Crippen molar-refractivity contribution in [1.82, 2.24) is 0 Å². The summed E-state index contributed by atoms with van der Waals surface area (Å²) in [5, 5.41) is 9.37. The molecule has 2 aromatic carbocycles. The molecule has 0 amide bonds. The van der Waals surface area contributed by atoms with Gasteiger partial charge >= 0.3 is 0 Å². The summed E-state index contributed by atoms with van der Waals surface area (Å²) in [6.07, 6.45) is 0. The highest BCUT2D eigenvalue weighted by molar-refractivity contribution is 7.92. The lowest BCUT2D eigenvalue weighted by Crippen LogP contribution is -2.15. The first-order valence-corrected chi connectivity index (χ1v) is 7.69. The first-order valence-electron chi connectivity index (χ1n) is 5.83. The summed E-state index contributed by atoms with van der Waals surface area (Å²) in [7, 11) is -2.50. The number of nitriles is 1. The van der Waals surface area contributed by atoms with Gasteiger partial charge in [-0.25, -0.2) is 8.42 Å². The third kappa shape index (κ3) is 3.27. The van der Waals surface area contributed by atoms with E-state index in [1.165, 1.54) is 25.3 Å². The second-order valence-corrected chi connectivity index (χ2v) is 6.15. The predicted octanol–water partition coefficient (Wildman–Crippen LogP) is 3.02. The van der Waals surface area contributed by atoms with Crippen molar-refractivity contribution in [3.63, 3.8) is 0 Å². The van der Waals surface area contributed by atoms with Crippen LogP contribution in [-0.2, 0) is 10.0 Å². The van der Waals surface area contributed by atoms with Gasteiger partial charge in [0, 0.05) is 5.02 Å². The molecular formula is C14H11ClN2O3S. The third-order valence-corrected chi connectivity index (χ3v) is 4.36. The van der Waals surface area contributed by atoms with Gasteiger partial charge in [0.2, 0.25) is 0 Å². The first kappa shape index (κ1) is 15.2. The number of rotatable bonds is 4. The lowest BCUT2D eigenvalue weighted by atomic mass is 10.2.